The number of carbonyl (C=O) groups excluding carboxylic acids is 2. The van der Waals surface area contributed by atoms with Crippen molar-refractivity contribution in [3.8, 4) is 0 Å². The molecule has 0 heterocycles. The van der Waals surface area contributed by atoms with Crippen molar-refractivity contribution in [3.05, 3.63) is 0 Å². The van der Waals surface area contributed by atoms with Crippen LogP contribution in [0.1, 0.15) is 6.42 Å². The summed E-state index contributed by atoms with van der Waals surface area (Å²) >= 11 is 0. The number of amides is 1. The molecule has 0 bridgehead atoms. The number of carboxylic acid groups (broad SMARTS) is 1. The summed E-state index contributed by atoms with van der Waals surface area (Å²) in [5.41, 5.74) is 4.79. The molecule has 0 saturated heterocycles. The summed E-state index contributed by atoms with van der Waals surface area (Å²) in [5.74, 6) is -4.04. The lowest BCUT2D eigenvalue weighted by atomic mass is 10.0. The first-order valence-electron chi connectivity index (χ1n) is 5.75. The second-order valence-corrected chi connectivity index (χ2v) is 4.22. The maximum atomic E-state index is 11.5. The van der Waals surface area contributed by atoms with Crippen LogP contribution in [-0.4, -0.2) is 85.5 Å². The van der Waals surface area contributed by atoms with Crippen molar-refractivity contribution >= 4 is 17.7 Å². The van der Waals surface area contributed by atoms with Crippen LogP contribution in [0.15, 0.2) is 0 Å². The first-order chi connectivity index (χ1) is 9.61. The molecule has 11 heteroatoms. The molecule has 21 heavy (non-hydrogen) atoms. The van der Waals surface area contributed by atoms with Gasteiger partial charge in [0.15, 0.2) is 6.23 Å². The van der Waals surface area contributed by atoms with Gasteiger partial charge in [-0.2, -0.15) is 0 Å². The summed E-state index contributed by atoms with van der Waals surface area (Å²) in [7, 11) is 0. The molecule has 0 spiro atoms. The molecule has 1 amide bonds. The van der Waals surface area contributed by atoms with E-state index in [-0.39, 0.29) is 0 Å². The Kier molecular flexibility index (Phi) is 7.94. The fraction of sp³-hybridized carbons (Fsp3) is 0.700. The van der Waals surface area contributed by atoms with E-state index in [0.717, 1.165) is 0 Å². The number of aliphatic hydroxyl groups is 5. The molecule has 0 rings (SSSR count). The van der Waals surface area contributed by atoms with Crippen LogP contribution in [0.3, 0.4) is 0 Å². The number of carboxylic acids is 1. The van der Waals surface area contributed by atoms with Gasteiger partial charge in [-0.25, -0.2) is 0 Å². The number of nitrogens with one attached hydrogen (secondary N) is 1. The molecule has 0 aromatic heterocycles. The molecule has 0 radical (unpaired) electrons. The van der Waals surface area contributed by atoms with E-state index < -0.39 is 61.3 Å². The Morgan fingerprint density at radius 1 is 1.10 bits per heavy atom. The third-order valence-electron chi connectivity index (χ3n) is 2.53. The predicted molar refractivity (Wildman–Crippen MR) is 64.5 cm³/mol. The highest BCUT2D eigenvalue weighted by Gasteiger charge is 2.35. The lowest BCUT2D eigenvalue weighted by Crippen LogP contribution is -2.54. The van der Waals surface area contributed by atoms with Gasteiger partial charge in [0.05, 0.1) is 13.0 Å². The van der Waals surface area contributed by atoms with Gasteiger partial charge in [0.25, 0.3) is 0 Å². The molecular formula is C10H18N2O9. The average Bonchev–Trinajstić information content (AvgIpc) is 2.42. The van der Waals surface area contributed by atoms with E-state index in [1.165, 1.54) is 0 Å². The SMILES string of the molecule is NC(=O)C[C@H](NC(O)C(=O)[C@@H](O)[C@H](O)[C@H](O)CO)C(=O)O. The molecule has 9 N–H and O–H groups in total. The third-order valence-corrected chi connectivity index (χ3v) is 2.53. The number of hydrogen-bond donors (Lipinski definition) is 8. The number of Topliss-reactive ketones (excluding diaryl/α,β-unsaturated/α-hetero) is 1. The number of hydrogen-bond acceptors (Lipinski definition) is 9. The minimum absolute atomic E-state index is 0.725. The number of aliphatic hydroxyl groups excluding tert-OH is 5. The standard InChI is InChI=1S/C10H18N2O9/c11-5(15)1-3(10(20)21)12-9(19)8(18)7(17)6(16)4(14)2-13/h3-4,6-7,9,12-14,16-17,19H,1-2H2,(H2,11,15)(H,20,21)/t3-,4+,6+,7-,9?/m0/s1. The molecule has 0 aliphatic carbocycles. The Labute approximate surface area is 118 Å². The van der Waals surface area contributed by atoms with E-state index in [2.05, 4.69) is 0 Å². The Hall–Kier alpha value is -1.63. The lowest BCUT2D eigenvalue weighted by Gasteiger charge is -2.24. The average molecular weight is 310 g/mol. The fourth-order valence-corrected chi connectivity index (χ4v) is 1.34. The zero-order valence-corrected chi connectivity index (χ0v) is 10.8. The molecule has 122 valence electrons. The van der Waals surface area contributed by atoms with Crippen molar-refractivity contribution < 1.29 is 45.0 Å². The van der Waals surface area contributed by atoms with Crippen LogP contribution in [0, 0.1) is 0 Å². The van der Waals surface area contributed by atoms with E-state index in [4.69, 9.17) is 21.1 Å². The first-order valence-corrected chi connectivity index (χ1v) is 5.75. The Morgan fingerprint density at radius 2 is 1.62 bits per heavy atom. The summed E-state index contributed by atoms with van der Waals surface area (Å²) in [6.07, 6.45) is -9.16. The molecule has 0 aromatic carbocycles. The van der Waals surface area contributed by atoms with Gasteiger partial charge >= 0.3 is 5.97 Å². The molecule has 5 atom stereocenters. The highest BCUT2D eigenvalue weighted by atomic mass is 16.4. The van der Waals surface area contributed by atoms with Crippen LogP contribution < -0.4 is 11.1 Å². The maximum absolute atomic E-state index is 11.5. The largest absolute Gasteiger partial charge is 0.480 e. The monoisotopic (exact) mass is 310 g/mol. The molecule has 0 aliphatic rings. The number of carbonyl (C=O) groups is 3. The number of ketones is 1. The van der Waals surface area contributed by atoms with Gasteiger partial charge in [-0.05, 0) is 0 Å². The second kappa shape index (κ2) is 8.61. The van der Waals surface area contributed by atoms with Crippen molar-refractivity contribution in [1.82, 2.24) is 5.32 Å². The van der Waals surface area contributed by atoms with Gasteiger partial charge in [0, 0.05) is 0 Å². The molecule has 11 nitrogen and oxygen atoms in total. The van der Waals surface area contributed by atoms with E-state index in [0.29, 0.717) is 0 Å². The van der Waals surface area contributed by atoms with Crippen LogP contribution in [-0.2, 0) is 14.4 Å². The van der Waals surface area contributed by atoms with Gasteiger partial charge < -0.3 is 36.4 Å². The van der Waals surface area contributed by atoms with Crippen molar-refractivity contribution in [2.75, 3.05) is 6.61 Å². The van der Waals surface area contributed by atoms with Crippen molar-refractivity contribution in [1.29, 1.82) is 0 Å². The number of rotatable bonds is 10. The highest BCUT2D eigenvalue weighted by molar-refractivity contribution is 5.88. The van der Waals surface area contributed by atoms with Crippen LogP contribution in [0.2, 0.25) is 0 Å². The normalized spacial score (nSPS) is 18.3. The minimum atomic E-state index is -2.28. The highest BCUT2D eigenvalue weighted by Crippen LogP contribution is 2.04. The van der Waals surface area contributed by atoms with Gasteiger partial charge in [0.1, 0.15) is 24.4 Å². The van der Waals surface area contributed by atoms with E-state index in [9.17, 15) is 29.7 Å². The van der Waals surface area contributed by atoms with Crippen LogP contribution >= 0.6 is 0 Å². The summed E-state index contributed by atoms with van der Waals surface area (Å²) in [5, 5.41) is 56.3. The summed E-state index contributed by atoms with van der Waals surface area (Å²) < 4.78 is 0. The fourth-order valence-electron chi connectivity index (χ4n) is 1.34. The predicted octanol–water partition coefficient (Wildman–Crippen LogP) is -5.13. The minimum Gasteiger partial charge on any atom is -0.480 e. The van der Waals surface area contributed by atoms with Gasteiger partial charge in [-0.3, -0.25) is 19.7 Å². The second-order valence-electron chi connectivity index (χ2n) is 4.22. The summed E-state index contributed by atoms with van der Waals surface area (Å²) in [4.78, 5) is 32.9. The zero-order valence-electron chi connectivity index (χ0n) is 10.8. The quantitative estimate of drug-likeness (QED) is 0.180. The number of primary amides is 1. The summed E-state index contributed by atoms with van der Waals surface area (Å²) in [6, 6.07) is -1.69. The molecule has 1 unspecified atom stereocenters. The van der Waals surface area contributed by atoms with Gasteiger partial charge in [-0.15, -0.1) is 0 Å². The van der Waals surface area contributed by atoms with Crippen molar-refractivity contribution in [2.45, 2.75) is 37.0 Å². The zero-order chi connectivity index (χ0) is 16.7. The number of aliphatic carboxylic acids is 1. The van der Waals surface area contributed by atoms with Gasteiger partial charge in [-0.1, -0.05) is 0 Å². The summed E-state index contributed by atoms with van der Waals surface area (Å²) in [6.45, 7) is -0.950. The smallest absolute Gasteiger partial charge is 0.321 e. The Bertz CT molecular complexity index is 389. The third kappa shape index (κ3) is 6.12. The molecule has 0 fully saturated rings. The molecule has 0 aliphatic heterocycles. The van der Waals surface area contributed by atoms with Gasteiger partial charge in [0.2, 0.25) is 11.7 Å². The van der Waals surface area contributed by atoms with Crippen LogP contribution in [0.5, 0.6) is 0 Å². The van der Waals surface area contributed by atoms with Crippen molar-refractivity contribution in [2.24, 2.45) is 5.73 Å². The molecule has 0 aromatic rings. The van der Waals surface area contributed by atoms with Crippen LogP contribution in [0.4, 0.5) is 0 Å². The topological polar surface area (TPSA) is 211 Å². The van der Waals surface area contributed by atoms with E-state index in [1.54, 1.807) is 0 Å². The number of nitrogens with two attached hydrogens (primary N) is 1. The lowest BCUT2D eigenvalue weighted by molar-refractivity contribution is -0.152. The Morgan fingerprint density at radius 3 is 2.00 bits per heavy atom. The first kappa shape index (κ1) is 19.4. The molecular weight excluding hydrogens is 292 g/mol. The van der Waals surface area contributed by atoms with Crippen molar-refractivity contribution in [3.63, 3.8) is 0 Å². The molecule has 0 saturated carbocycles. The Balaban J connectivity index is 4.75. The van der Waals surface area contributed by atoms with E-state index in [1.807, 2.05) is 5.32 Å². The maximum Gasteiger partial charge on any atom is 0.321 e. The van der Waals surface area contributed by atoms with Crippen LogP contribution in [0.25, 0.3) is 0 Å². The van der Waals surface area contributed by atoms with E-state index >= 15 is 0 Å².